The summed E-state index contributed by atoms with van der Waals surface area (Å²) in [7, 11) is -2.78. The van der Waals surface area contributed by atoms with Crippen LogP contribution in [0.5, 0.6) is 0 Å². The second kappa shape index (κ2) is 16.2. The van der Waals surface area contributed by atoms with E-state index in [1.807, 2.05) is 12.1 Å². The van der Waals surface area contributed by atoms with Crippen LogP contribution in [0.25, 0.3) is 0 Å². The summed E-state index contributed by atoms with van der Waals surface area (Å²) < 4.78 is 22.1. The fraction of sp³-hybridized carbons (Fsp3) is 0.708. The summed E-state index contributed by atoms with van der Waals surface area (Å²) in [6, 6.07) is 6.91. The molecular weight excluding hydrogens is 398 g/mol. The van der Waals surface area contributed by atoms with Crippen molar-refractivity contribution in [1.29, 1.82) is 0 Å². The highest BCUT2D eigenvalue weighted by molar-refractivity contribution is 7.90. The number of unbranched alkanes of at least 4 members (excludes halogenated alkanes) is 13. The van der Waals surface area contributed by atoms with Crippen LogP contribution in [0.1, 0.15) is 100 Å². The zero-order valence-corrected chi connectivity index (χ0v) is 19.5. The molecule has 172 valence electrons. The minimum Gasteiger partial charge on any atom is -0.478 e. The number of nitrogens with one attached hydrogen (secondary N) is 1. The molecular formula is C24H41NO4S. The van der Waals surface area contributed by atoms with E-state index < -0.39 is 15.8 Å². The van der Waals surface area contributed by atoms with E-state index in [0.29, 0.717) is 11.3 Å². The first-order chi connectivity index (χ1) is 14.4. The zero-order valence-electron chi connectivity index (χ0n) is 18.7. The normalized spacial score (nSPS) is 11.5. The van der Waals surface area contributed by atoms with Gasteiger partial charge in [-0.1, -0.05) is 77.0 Å². The summed E-state index contributed by atoms with van der Waals surface area (Å²) in [4.78, 5) is 10.8. The molecule has 0 radical (unpaired) electrons. The minimum absolute atomic E-state index is 0.322. The van der Waals surface area contributed by atoms with Gasteiger partial charge in [0.05, 0.1) is 5.56 Å². The molecule has 1 rings (SSSR count). The number of carboxylic acids is 1. The smallest absolute Gasteiger partial charge is 0.335 e. The topological polar surface area (TPSA) is 83.5 Å². The van der Waals surface area contributed by atoms with Gasteiger partial charge in [-0.3, -0.25) is 0 Å². The first-order valence-corrected chi connectivity index (χ1v) is 13.7. The average molecular weight is 440 g/mol. The Morgan fingerprint density at radius 1 is 0.733 bits per heavy atom. The molecule has 1 aromatic rings. The molecule has 0 bridgehead atoms. The van der Waals surface area contributed by atoms with Gasteiger partial charge in [0.15, 0.2) is 0 Å². The second-order valence-corrected chi connectivity index (χ2v) is 10.6. The van der Waals surface area contributed by atoms with E-state index in [2.05, 4.69) is 5.32 Å². The highest BCUT2D eigenvalue weighted by Crippen LogP contribution is 2.14. The van der Waals surface area contributed by atoms with Crippen molar-refractivity contribution in [2.24, 2.45) is 0 Å². The van der Waals surface area contributed by atoms with Crippen molar-refractivity contribution in [2.45, 2.75) is 89.9 Å². The van der Waals surface area contributed by atoms with E-state index in [-0.39, 0.29) is 0 Å². The molecule has 0 aromatic heterocycles. The number of anilines is 1. The lowest BCUT2D eigenvalue weighted by molar-refractivity contribution is 0.0697. The zero-order chi connectivity index (χ0) is 22.1. The van der Waals surface area contributed by atoms with Crippen LogP contribution in [-0.2, 0) is 9.84 Å². The van der Waals surface area contributed by atoms with E-state index in [0.717, 1.165) is 37.9 Å². The number of benzene rings is 1. The van der Waals surface area contributed by atoms with Gasteiger partial charge in [0.1, 0.15) is 9.84 Å². The number of carboxylic acid groups (broad SMARTS) is 1. The van der Waals surface area contributed by atoms with Crippen LogP contribution < -0.4 is 5.32 Å². The molecule has 0 fully saturated rings. The Balaban J connectivity index is 1.80. The second-order valence-electron chi connectivity index (χ2n) is 8.39. The summed E-state index contributed by atoms with van der Waals surface area (Å²) in [6.45, 7) is 0.931. The summed E-state index contributed by atoms with van der Waals surface area (Å²) in [6.07, 6.45) is 18.5. The van der Waals surface area contributed by atoms with Crippen molar-refractivity contribution in [3.8, 4) is 0 Å². The SMILES string of the molecule is CS(=O)(=O)CCCCCCCCCCCCCCCCNc1ccc(C(=O)O)cc1. The molecule has 1 aromatic carbocycles. The molecule has 0 saturated carbocycles. The lowest BCUT2D eigenvalue weighted by Crippen LogP contribution is -2.02. The number of aromatic carboxylic acids is 1. The summed E-state index contributed by atoms with van der Waals surface area (Å²) in [5, 5.41) is 12.2. The van der Waals surface area contributed by atoms with Crippen LogP contribution in [0.4, 0.5) is 5.69 Å². The van der Waals surface area contributed by atoms with Crippen LogP contribution in [0.15, 0.2) is 24.3 Å². The summed E-state index contributed by atoms with van der Waals surface area (Å²) >= 11 is 0. The van der Waals surface area contributed by atoms with Gasteiger partial charge in [-0.15, -0.1) is 0 Å². The molecule has 0 atom stereocenters. The van der Waals surface area contributed by atoms with Gasteiger partial charge in [0, 0.05) is 24.2 Å². The Hall–Kier alpha value is -1.56. The van der Waals surface area contributed by atoms with E-state index in [9.17, 15) is 13.2 Å². The largest absolute Gasteiger partial charge is 0.478 e. The van der Waals surface area contributed by atoms with Gasteiger partial charge < -0.3 is 10.4 Å². The van der Waals surface area contributed by atoms with Crippen LogP contribution in [-0.4, -0.2) is 38.0 Å². The predicted molar refractivity (Wildman–Crippen MR) is 126 cm³/mol. The third-order valence-electron chi connectivity index (χ3n) is 5.40. The number of hydrogen-bond donors (Lipinski definition) is 2. The molecule has 5 nitrogen and oxygen atoms in total. The number of rotatable bonds is 19. The molecule has 2 N–H and O–H groups in total. The van der Waals surface area contributed by atoms with E-state index in [1.165, 1.54) is 70.5 Å². The van der Waals surface area contributed by atoms with E-state index in [1.54, 1.807) is 12.1 Å². The maximum absolute atomic E-state index is 11.0. The minimum atomic E-state index is -2.78. The van der Waals surface area contributed by atoms with Crippen molar-refractivity contribution < 1.29 is 18.3 Å². The number of sulfone groups is 1. The van der Waals surface area contributed by atoms with Gasteiger partial charge in [0.25, 0.3) is 0 Å². The number of carbonyl (C=O) groups is 1. The molecule has 0 unspecified atom stereocenters. The van der Waals surface area contributed by atoms with Crippen LogP contribution in [0, 0.1) is 0 Å². The maximum Gasteiger partial charge on any atom is 0.335 e. The molecule has 0 heterocycles. The highest BCUT2D eigenvalue weighted by Gasteiger charge is 2.02. The molecule has 0 aliphatic carbocycles. The lowest BCUT2D eigenvalue weighted by Gasteiger charge is -2.07. The quantitative estimate of drug-likeness (QED) is 0.247. The monoisotopic (exact) mass is 439 g/mol. The summed E-state index contributed by atoms with van der Waals surface area (Å²) in [5.74, 6) is -0.549. The van der Waals surface area contributed by atoms with Gasteiger partial charge in [-0.05, 0) is 37.1 Å². The van der Waals surface area contributed by atoms with Crippen molar-refractivity contribution in [3.63, 3.8) is 0 Å². The maximum atomic E-state index is 11.0. The average Bonchev–Trinajstić information content (AvgIpc) is 2.69. The van der Waals surface area contributed by atoms with Crippen LogP contribution in [0.3, 0.4) is 0 Å². The Labute approximate surface area is 183 Å². The molecule has 0 aliphatic rings. The highest BCUT2D eigenvalue weighted by atomic mass is 32.2. The van der Waals surface area contributed by atoms with Crippen molar-refractivity contribution in [1.82, 2.24) is 0 Å². The molecule has 0 spiro atoms. The third kappa shape index (κ3) is 15.3. The Morgan fingerprint density at radius 2 is 1.13 bits per heavy atom. The molecule has 0 amide bonds. The molecule has 30 heavy (non-hydrogen) atoms. The standard InChI is InChI=1S/C24H41NO4S/c1-30(28,29)21-15-13-11-9-7-5-3-2-4-6-8-10-12-14-20-25-23-18-16-22(17-19-23)24(26)27/h16-19,25H,2-15,20-21H2,1H3,(H,26,27). The van der Waals surface area contributed by atoms with Crippen molar-refractivity contribution in [3.05, 3.63) is 29.8 Å². The van der Waals surface area contributed by atoms with E-state index >= 15 is 0 Å². The summed E-state index contributed by atoms with van der Waals surface area (Å²) in [5.41, 5.74) is 1.30. The first-order valence-electron chi connectivity index (χ1n) is 11.6. The third-order valence-corrected chi connectivity index (χ3v) is 6.43. The van der Waals surface area contributed by atoms with Gasteiger partial charge >= 0.3 is 5.97 Å². The van der Waals surface area contributed by atoms with Crippen molar-refractivity contribution >= 4 is 21.5 Å². The van der Waals surface area contributed by atoms with Gasteiger partial charge in [0.2, 0.25) is 0 Å². The van der Waals surface area contributed by atoms with Crippen LogP contribution >= 0.6 is 0 Å². The Morgan fingerprint density at radius 3 is 1.53 bits per heavy atom. The lowest BCUT2D eigenvalue weighted by atomic mass is 10.0. The molecule has 0 aliphatic heterocycles. The molecule has 6 heteroatoms. The van der Waals surface area contributed by atoms with Gasteiger partial charge in [-0.25, -0.2) is 13.2 Å². The Kier molecular flexibility index (Phi) is 14.3. The van der Waals surface area contributed by atoms with Gasteiger partial charge in [-0.2, -0.15) is 0 Å². The van der Waals surface area contributed by atoms with Crippen molar-refractivity contribution in [2.75, 3.05) is 23.9 Å². The van der Waals surface area contributed by atoms with E-state index in [4.69, 9.17) is 5.11 Å². The van der Waals surface area contributed by atoms with Crippen LogP contribution in [0.2, 0.25) is 0 Å². The number of hydrogen-bond acceptors (Lipinski definition) is 4. The molecule has 0 saturated heterocycles. The Bertz CT molecular complexity index is 671. The first kappa shape index (κ1) is 26.5. The fourth-order valence-corrected chi connectivity index (χ4v) is 4.30. The predicted octanol–water partition coefficient (Wildman–Crippen LogP) is 6.30. The fourth-order valence-electron chi connectivity index (χ4n) is 3.57.